The van der Waals surface area contributed by atoms with Gasteiger partial charge in [0.25, 0.3) is 5.91 Å². The van der Waals surface area contributed by atoms with Gasteiger partial charge < -0.3 is 15.1 Å². The van der Waals surface area contributed by atoms with E-state index >= 15 is 0 Å². The number of benzene rings is 1. The van der Waals surface area contributed by atoms with Crippen LogP contribution in [0.25, 0.3) is 0 Å². The summed E-state index contributed by atoms with van der Waals surface area (Å²) < 4.78 is 0. The molecular weight excluding hydrogens is 351 g/mol. The molecule has 0 radical (unpaired) electrons. The standard InChI is InChI=1S/C15H18Cl2N6O/c1-22(2)14-19-12(20-15(21-14)23(3)4)8-18-13(24)10-6-5-9(16)7-11(10)17/h5-7H,8H2,1-4H3,(H,18,24). The van der Waals surface area contributed by atoms with Crippen molar-refractivity contribution in [2.75, 3.05) is 38.0 Å². The SMILES string of the molecule is CN(C)c1nc(CNC(=O)c2ccc(Cl)cc2Cl)nc(N(C)C)n1. The fourth-order valence-corrected chi connectivity index (χ4v) is 2.30. The van der Waals surface area contributed by atoms with E-state index in [2.05, 4.69) is 20.3 Å². The fraction of sp³-hybridized carbons (Fsp3) is 0.333. The van der Waals surface area contributed by atoms with E-state index < -0.39 is 0 Å². The van der Waals surface area contributed by atoms with Crippen LogP contribution in [0.1, 0.15) is 16.2 Å². The summed E-state index contributed by atoms with van der Waals surface area (Å²) in [6.07, 6.45) is 0. The predicted octanol–water partition coefficient (Wildman–Crippen LogP) is 2.24. The van der Waals surface area contributed by atoms with Crippen molar-refractivity contribution in [3.63, 3.8) is 0 Å². The normalized spacial score (nSPS) is 10.4. The van der Waals surface area contributed by atoms with Crippen LogP contribution in [-0.2, 0) is 6.54 Å². The summed E-state index contributed by atoms with van der Waals surface area (Å²) in [5, 5.41) is 3.51. The van der Waals surface area contributed by atoms with Crippen LogP contribution in [-0.4, -0.2) is 49.0 Å². The number of rotatable bonds is 5. The topological polar surface area (TPSA) is 74.2 Å². The minimum Gasteiger partial charge on any atom is -0.347 e. The molecule has 7 nitrogen and oxygen atoms in total. The highest BCUT2D eigenvalue weighted by Gasteiger charge is 2.13. The molecule has 1 heterocycles. The summed E-state index contributed by atoms with van der Waals surface area (Å²) in [7, 11) is 7.35. The van der Waals surface area contributed by atoms with Gasteiger partial charge in [-0.25, -0.2) is 0 Å². The summed E-state index contributed by atoms with van der Waals surface area (Å²) >= 11 is 11.9. The number of carbonyl (C=O) groups excluding carboxylic acids is 1. The van der Waals surface area contributed by atoms with Gasteiger partial charge in [0.2, 0.25) is 11.9 Å². The molecule has 1 amide bonds. The Kier molecular flexibility index (Phi) is 5.80. The number of halogens is 2. The number of amides is 1. The van der Waals surface area contributed by atoms with Crippen molar-refractivity contribution in [1.82, 2.24) is 20.3 Å². The molecule has 0 bridgehead atoms. The molecule has 2 rings (SSSR count). The molecule has 0 saturated carbocycles. The van der Waals surface area contributed by atoms with Gasteiger partial charge in [-0.05, 0) is 18.2 Å². The summed E-state index contributed by atoms with van der Waals surface area (Å²) in [5.41, 5.74) is 0.343. The Morgan fingerprint density at radius 2 is 1.62 bits per heavy atom. The first kappa shape index (κ1) is 18.2. The van der Waals surface area contributed by atoms with Crippen LogP contribution >= 0.6 is 23.2 Å². The maximum atomic E-state index is 12.3. The Morgan fingerprint density at radius 1 is 1.04 bits per heavy atom. The predicted molar refractivity (Wildman–Crippen MR) is 96.1 cm³/mol. The van der Waals surface area contributed by atoms with Crippen molar-refractivity contribution < 1.29 is 4.79 Å². The highest BCUT2D eigenvalue weighted by Crippen LogP contribution is 2.21. The molecule has 0 fully saturated rings. The lowest BCUT2D eigenvalue weighted by molar-refractivity contribution is 0.0950. The molecule has 128 valence electrons. The zero-order chi connectivity index (χ0) is 17.9. The van der Waals surface area contributed by atoms with E-state index in [4.69, 9.17) is 23.2 Å². The van der Waals surface area contributed by atoms with E-state index in [9.17, 15) is 4.79 Å². The van der Waals surface area contributed by atoms with Crippen LogP contribution < -0.4 is 15.1 Å². The van der Waals surface area contributed by atoms with Crippen LogP contribution in [0.3, 0.4) is 0 Å². The number of hydrogen-bond donors (Lipinski definition) is 1. The molecule has 1 N–H and O–H groups in total. The van der Waals surface area contributed by atoms with E-state index in [0.29, 0.717) is 33.3 Å². The van der Waals surface area contributed by atoms with Gasteiger partial charge in [-0.15, -0.1) is 0 Å². The van der Waals surface area contributed by atoms with Crippen molar-refractivity contribution >= 4 is 41.0 Å². The van der Waals surface area contributed by atoms with Gasteiger partial charge in [0.05, 0.1) is 17.1 Å². The van der Waals surface area contributed by atoms with Crippen LogP contribution in [0, 0.1) is 0 Å². The highest BCUT2D eigenvalue weighted by molar-refractivity contribution is 6.36. The smallest absolute Gasteiger partial charge is 0.253 e. The molecule has 24 heavy (non-hydrogen) atoms. The first-order chi connectivity index (χ1) is 11.3. The van der Waals surface area contributed by atoms with E-state index in [1.54, 1.807) is 21.9 Å². The van der Waals surface area contributed by atoms with Gasteiger partial charge in [-0.2, -0.15) is 15.0 Å². The fourth-order valence-electron chi connectivity index (χ4n) is 1.80. The molecular formula is C15H18Cl2N6O. The van der Waals surface area contributed by atoms with Crippen molar-refractivity contribution in [1.29, 1.82) is 0 Å². The van der Waals surface area contributed by atoms with Gasteiger partial charge >= 0.3 is 0 Å². The number of nitrogens with zero attached hydrogens (tertiary/aromatic N) is 5. The summed E-state index contributed by atoms with van der Waals surface area (Å²) in [6, 6.07) is 4.71. The lowest BCUT2D eigenvalue weighted by Crippen LogP contribution is -2.26. The Hall–Kier alpha value is -2.12. The van der Waals surface area contributed by atoms with E-state index in [1.165, 1.54) is 6.07 Å². The quantitative estimate of drug-likeness (QED) is 0.872. The molecule has 1 aromatic carbocycles. The van der Waals surface area contributed by atoms with Crippen LogP contribution in [0.4, 0.5) is 11.9 Å². The van der Waals surface area contributed by atoms with Crippen LogP contribution in [0.15, 0.2) is 18.2 Å². The van der Waals surface area contributed by atoms with Gasteiger partial charge in [0.1, 0.15) is 0 Å². The van der Waals surface area contributed by atoms with E-state index in [-0.39, 0.29) is 12.5 Å². The summed E-state index contributed by atoms with van der Waals surface area (Å²) in [6.45, 7) is 0.155. The third kappa shape index (κ3) is 4.46. The highest BCUT2D eigenvalue weighted by atomic mass is 35.5. The lowest BCUT2D eigenvalue weighted by atomic mass is 10.2. The molecule has 2 aromatic rings. The van der Waals surface area contributed by atoms with Gasteiger partial charge in [0, 0.05) is 33.2 Å². The Balaban J connectivity index is 2.17. The molecule has 9 heteroatoms. The number of aromatic nitrogens is 3. The van der Waals surface area contributed by atoms with E-state index in [0.717, 1.165) is 0 Å². The minimum absolute atomic E-state index is 0.155. The molecule has 0 atom stereocenters. The van der Waals surface area contributed by atoms with Crippen molar-refractivity contribution in [2.45, 2.75) is 6.54 Å². The molecule has 0 spiro atoms. The van der Waals surface area contributed by atoms with Crippen LogP contribution in [0.5, 0.6) is 0 Å². The zero-order valence-electron chi connectivity index (χ0n) is 13.8. The third-order valence-corrected chi connectivity index (χ3v) is 3.59. The average Bonchev–Trinajstić information content (AvgIpc) is 2.52. The van der Waals surface area contributed by atoms with Crippen molar-refractivity contribution in [3.8, 4) is 0 Å². The number of hydrogen-bond acceptors (Lipinski definition) is 6. The maximum absolute atomic E-state index is 12.3. The van der Waals surface area contributed by atoms with Crippen LogP contribution in [0.2, 0.25) is 10.0 Å². The minimum atomic E-state index is -0.324. The summed E-state index contributed by atoms with van der Waals surface area (Å²) in [4.78, 5) is 28.8. The monoisotopic (exact) mass is 368 g/mol. The number of nitrogens with one attached hydrogen (secondary N) is 1. The zero-order valence-corrected chi connectivity index (χ0v) is 15.4. The molecule has 0 aliphatic rings. The second kappa shape index (κ2) is 7.63. The maximum Gasteiger partial charge on any atom is 0.253 e. The molecule has 0 aliphatic carbocycles. The molecule has 1 aromatic heterocycles. The number of carbonyl (C=O) groups is 1. The Morgan fingerprint density at radius 3 is 2.12 bits per heavy atom. The largest absolute Gasteiger partial charge is 0.347 e. The number of anilines is 2. The molecule has 0 saturated heterocycles. The first-order valence-corrected chi connectivity index (χ1v) is 7.86. The second-order valence-electron chi connectivity index (χ2n) is 5.45. The van der Waals surface area contributed by atoms with Crippen molar-refractivity contribution in [3.05, 3.63) is 39.6 Å². The van der Waals surface area contributed by atoms with Gasteiger partial charge in [-0.3, -0.25) is 4.79 Å². The summed E-state index contributed by atoms with van der Waals surface area (Å²) in [5.74, 6) is 1.16. The van der Waals surface area contributed by atoms with Gasteiger partial charge in [-0.1, -0.05) is 23.2 Å². The lowest BCUT2D eigenvalue weighted by Gasteiger charge is -2.16. The Bertz CT molecular complexity index is 724. The average molecular weight is 369 g/mol. The van der Waals surface area contributed by atoms with E-state index in [1.807, 2.05) is 28.2 Å². The van der Waals surface area contributed by atoms with Gasteiger partial charge in [0.15, 0.2) is 5.82 Å². The molecule has 0 unspecified atom stereocenters. The molecule has 0 aliphatic heterocycles. The second-order valence-corrected chi connectivity index (χ2v) is 6.29. The Labute approximate surface area is 150 Å². The van der Waals surface area contributed by atoms with Crippen molar-refractivity contribution in [2.24, 2.45) is 0 Å². The third-order valence-electron chi connectivity index (χ3n) is 3.04. The first-order valence-electron chi connectivity index (χ1n) is 7.10.